The summed E-state index contributed by atoms with van der Waals surface area (Å²) in [6.45, 7) is 1.36. The van der Waals surface area contributed by atoms with Gasteiger partial charge in [-0.15, -0.1) is 10.2 Å². The summed E-state index contributed by atoms with van der Waals surface area (Å²) < 4.78 is 7.17. The van der Waals surface area contributed by atoms with E-state index in [2.05, 4.69) is 15.5 Å². The van der Waals surface area contributed by atoms with Crippen LogP contribution in [0.15, 0.2) is 34.9 Å². The summed E-state index contributed by atoms with van der Waals surface area (Å²) in [4.78, 5) is 27.3. The van der Waals surface area contributed by atoms with E-state index in [-0.39, 0.29) is 17.9 Å². The molecule has 1 aromatic carbocycles. The van der Waals surface area contributed by atoms with Crippen molar-refractivity contribution in [2.24, 2.45) is 0 Å². The molecular formula is C21H23N5O3. The molecule has 29 heavy (non-hydrogen) atoms. The van der Waals surface area contributed by atoms with Crippen molar-refractivity contribution in [3.05, 3.63) is 47.7 Å². The Morgan fingerprint density at radius 1 is 1.07 bits per heavy atom. The van der Waals surface area contributed by atoms with Crippen molar-refractivity contribution in [2.45, 2.75) is 51.2 Å². The molecule has 2 aliphatic rings. The van der Waals surface area contributed by atoms with E-state index < -0.39 is 0 Å². The fourth-order valence-corrected chi connectivity index (χ4v) is 4.28. The lowest BCUT2D eigenvalue weighted by atomic mass is 9.95. The van der Waals surface area contributed by atoms with Gasteiger partial charge in [-0.25, -0.2) is 0 Å². The van der Waals surface area contributed by atoms with Crippen LogP contribution in [-0.2, 0) is 13.1 Å². The number of benzene rings is 1. The molecule has 1 aliphatic heterocycles. The number of aromatic nitrogens is 3. The van der Waals surface area contributed by atoms with E-state index in [1.54, 1.807) is 17.2 Å². The van der Waals surface area contributed by atoms with Crippen molar-refractivity contribution in [3.63, 3.8) is 0 Å². The van der Waals surface area contributed by atoms with E-state index in [1.807, 2.05) is 22.8 Å². The molecule has 2 aromatic heterocycles. The first kappa shape index (κ1) is 17.9. The minimum atomic E-state index is -0.166. The summed E-state index contributed by atoms with van der Waals surface area (Å²) in [7, 11) is 0. The van der Waals surface area contributed by atoms with Gasteiger partial charge in [0.25, 0.3) is 11.8 Å². The number of carbonyl (C=O) groups is 2. The Morgan fingerprint density at radius 3 is 2.79 bits per heavy atom. The van der Waals surface area contributed by atoms with Crippen molar-refractivity contribution < 1.29 is 14.0 Å². The van der Waals surface area contributed by atoms with Crippen LogP contribution in [0.5, 0.6) is 0 Å². The van der Waals surface area contributed by atoms with Crippen LogP contribution in [-0.4, -0.2) is 44.1 Å². The molecule has 1 aliphatic carbocycles. The molecule has 0 unspecified atom stereocenters. The summed E-state index contributed by atoms with van der Waals surface area (Å²) in [5, 5.41) is 12.3. The zero-order valence-corrected chi connectivity index (χ0v) is 16.1. The summed E-state index contributed by atoms with van der Waals surface area (Å²) in [6.07, 6.45) is 7.22. The Hall–Kier alpha value is -3.16. The first-order valence-corrected chi connectivity index (χ1v) is 10.2. The van der Waals surface area contributed by atoms with Gasteiger partial charge in [-0.2, -0.15) is 0 Å². The summed E-state index contributed by atoms with van der Waals surface area (Å²) in [5.74, 6) is 0.761. The largest absolute Gasteiger partial charge is 0.464 e. The van der Waals surface area contributed by atoms with Crippen LogP contribution >= 0.6 is 0 Å². The average molecular weight is 393 g/mol. The Kier molecular flexibility index (Phi) is 4.54. The monoisotopic (exact) mass is 393 g/mol. The number of fused-ring (bicyclic) bond motifs is 2. The Morgan fingerprint density at radius 2 is 1.93 bits per heavy atom. The molecule has 150 valence electrons. The lowest BCUT2D eigenvalue weighted by Gasteiger charge is -2.28. The van der Waals surface area contributed by atoms with Crippen molar-refractivity contribution >= 4 is 22.8 Å². The molecule has 1 fully saturated rings. The number of rotatable bonds is 3. The molecule has 2 amide bonds. The number of hydrogen-bond donors (Lipinski definition) is 1. The van der Waals surface area contributed by atoms with Gasteiger partial charge in [-0.05, 0) is 37.1 Å². The molecule has 1 N–H and O–H groups in total. The number of hydrogen-bond acceptors (Lipinski definition) is 5. The average Bonchev–Trinajstić information content (AvgIpc) is 3.39. The van der Waals surface area contributed by atoms with Crippen molar-refractivity contribution in [3.8, 4) is 0 Å². The van der Waals surface area contributed by atoms with E-state index in [4.69, 9.17) is 4.42 Å². The van der Waals surface area contributed by atoms with Crippen LogP contribution in [0.1, 0.15) is 58.9 Å². The maximum absolute atomic E-state index is 12.9. The molecule has 0 bridgehead atoms. The molecule has 1 saturated carbocycles. The fourth-order valence-electron chi connectivity index (χ4n) is 4.28. The molecule has 5 rings (SSSR count). The molecule has 8 heteroatoms. The number of nitrogens with one attached hydrogen (secondary N) is 1. The Labute approximate surface area is 167 Å². The first-order chi connectivity index (χ1) is 14.2. The third kappa shape index (κ3) is 3.39. The van der Waals surface area contributed by atoms with Crippen LogP contribution in [0.2, 0.25) is 0 Å². The van der Waals surface area contributed by atoms with Crippen molar-refractivity contribution in [1.82, 2.24) is 25.0 Å². The van der Waals surface area contributed by atoms with Gasteiger partial charge in [0.2, 0.25) is 5.82 Å². The Balaban J connectivity index is 1.30. The lowest BCUT2D eigenvalue weighted by Crippen LogP contribution is -2.41. The van der Waals surface area contributed by atoms with E-state index in [0.717, 1.165) is 36.7 Å². The van der Waals surface area contributed by atoms with Gasteiger partial charge in [0.1, 0.15) is 5.58 Å². The number of carbonyl (C=O) groups excluding carboxylic acids is 2. The van der Waals surface area contributed by atoms with Gasteiger partial charge < -0.3 is 19.2 Å². The lowest BCUT2D eigenvalue weighted by molar-refractivity contribution is 0.0706. The second-order valence-electron chi connectivity index (χ2n) is 7.80. The molecule has 3 heterocycles. The van der Waals surface area contributed by atoms with Crippen LogP contribution in [0.4, 0.5) is 0 Å². The highest BCUT2D eigenvalue weighted by Crippen LogP contribution is 2.21. The predicted octanol–water partition coefficient (Wildman–Crippen LogP) is 2.74. The zero-order chi connectivity index (χ0) is 19.8. The zero-order valence-electron chi connectivity index (χ0n) is 16.1. The second-order valence-corrected chi connectivity index (χ2v) is 7.80. The van der Waals surface area contributed by atoms with E-state index in [9.17, 15) is 9.59 Å². The molecule has 8 nitrogen and oxygen atoms in total. The topological polar surface area (TPSA) is 93.3 Å². The first-order valence-electron chi connectivity index (χ1n) is 10.2. The summed E-state index contributed by atoms with van der Waals surface area (Å²) in [6, 6.07) is 7.49. The van der Waals surface area contributed by atoms with Crippen LogP contribution in [0.3, 0.4) is 0 Å². The van der Waals surface area contributed by atoms with E-state index >= 15 is 0 Å². The standard InChI is InChI=1S/C21H23N5O3/c27-20(22-16-4-2-1-3-5-16)19-24-23-18-13-25(9-10-26(18)19)21(28)15-6-7-17-14(12-15)8-11-29-17/h6-8,11-12,16H,1-5,9-10,13H2,(H,22,27). The highest BCUT2D eigenvalue weighted by atomic mass is 16.3. The molecule has 0 saturated heterocycles. The normalized spacial score (nSPS) is 17.3. The number of nitrogens with zero attached hydrogens (tertiary/aromatic N) is 4. The fraction of sp³-hybridized carbons (Fsp3) is 0.429. The van der Waals surface area contributed by atoms with E-state index in [1.165, 1.54) is 6.42 Å². The van der Waals surface area contributed by atoms with Gasteiger partial charge in [0, 0.05) is 30.1 Å². The van der Waals surface area contributed by atoms with Gasteiger partial charge in [-0.3, -0.25) is 9.59 Å². The minimum absolute atomic E-state index is 0.0597. The molecule has 0 spiro atoms. The van der Waals surface area contributed by atoms with Gasteiger partial charge >= 0.3 is 0 Å². The quantitative estimate of drug-likeness (QED) is 0.739. The van der Waals surface area contributed by atoms with Gasteiger partial charge in [0.05, 0.1) is 12.8 Å². The third-order valence-corrected chi connectivity index (χ3v) is 5.88. The summed E-state index contributed by atoms with van der Waals surface area (Å²) >= 11 is 0. The predicted molar refractivity (Wildman–Crippen MR) is 105 cm³/mol. The second kappa shape index (κ2) is 7.35. The minimum Gasteiger partial charge on any atom is -0.464 e. The molecule has 3 aromatic rings. The third-order valence-electron chi connectivity index (χ3n) is 5.88. The maximum Gasteiger partial charge on any atom is 0.289 e. The van der Waals surface area contributed by atoms with E-state index in [0.29, 0.717) is 36.8 Å². The summed E-state index contributed by atoms with van der Waals surface area (Å²) in [5.41, 5.74) is 1.37. The van der Waals surface area contributed by atoms with Crippen LogP contribution in [0.25, 0.3) is 11.0 Å². The SMILES string of the molecule is O=C(NC1CCCCC1)c1nnc2n1CCN(C(=O)c1ccc3occc3c1)C2. The number of amides is 2. The van der Waals surface area contributed by atoms with Crippen LogP contribution < -0.4 is 5.32 Å². The van der Waals surface area contributed by atoms with Crippen molar-refractivity contribution in [1.29, 1.82) is 0 Å². The molecule has 0 radical (unpaired) electrons. The smallest absolute Gasteiger partial charge is 0.289 e. The van der Waals surface area contributed by atoms with Gasteiger partial charge in [0.15, 0.2) is 5.82 Å². The molecular weight excluding hydrogens is 370 g/mol. The highest BCUT2D eigenvalue weighted by Gasteiger charge is 2.28. The van der Waals surface area contributed by atoms with Gasteiger partial charge in [-0.1, -0.05) is 19.3 Å². The highest BCUT2D eigenvalue weighted by molar-refractivity contribution is 5.97. The Bertz CT molecular complexity index is 1060. The molecule has 0 atom stereocenters. The number of furan rings is 1. The van der Waals surface area contributed by atoms with Crippen LogP contribution in [0, 0.1) is 0 Å². The maximum atomic E-state index is 12.9. The van der Waals surface area contributed by atoms with Crippen molar-refractivity contribution in [2.75, 3.05) is 6.54 Å².